The molecular formula is C14H17N3O. The molecule has 1 aromatic carbocycles. The zero-order valence-corrected chi connectivity index (χ0v) is 10.7. The van der Waals surface area contributed by atoms with Gasteiger partial charge in [-0.3, -0.25) is 4.79 Å². The molecule has 2 N–H and O–H groups in total. The minimum absolute atomic E-state index is 0.0651. The van der Waals surface area contributed by atoms with Gasteiger partial charge < -0.3 is 15.2 Å². The maximum Gasteiger partial charge on any atom is 0.241 e. The molecule has 18 heavy (non-hydrogen) atoms. The maximum atomic E-state index is 11.9. The van der Waals surface area contributed by atoms with Crippen molar-refractivity contribution < 1.29 is 4.79 Å². The van der Waals surface area contributed by atoms with Crippen molar-refractivity contribution in [2.24, 2.45) is 7.05 Å². The quantitative estimate of drug-likeness (QED) is 0.791. The van der Waals surface area contributed by atoms with Crippen molar-refractivity contribution in [3.63, 3.8) is 0 Å². The molecule has 1 unspecified atom stereocenters. The predicted octanol–water partition coefficient (Wildman–Crippen LogP) is 1.25. The lowest BCUT2D eigenvalue weighted by atomic mass is 10.0. The van der Waals surface area contributed by atoms with Crippen molar-refractivity contribution in [2.75, 3.05) is 13.1 Å². The second-order valence-electron chi connectivity index (χ2n) is 4.89. The van der Waals surface area contributed by atoms with Crippen molar-refractivity contribution in [3.8, 4) is 0 Å². The number of aromatic nitrogens is 1. The number of nitrogens with zero attached hydrogens (tertiary/aromatic N) is 1. The molecule has 1 amide bonds. The van der Waals surface area contributed by atoms with E-state index in [9.17, 15) is 4.79 Å². The summed E-state index contributed by atoms with van der Waals surface area (Å²) in [5.74, 6) is 0.0651. The summed E-state index contributed by atoms with van der Waals surface area (Å²) in [4.78, 5) is 11.9. The van der Waals surface area contributed by atoms with Gasteiger partial charge in [-0.2, -0.15) is 0 Å². The molecule has 94 valence electrons. The molecule has 4 heteroatoms. The monoisotopic (exact) mass is 243 g/mol. The number of carbonyl (C=O) groups excluding carboxylic acids is 1. The van der Waals surface area contributed by atoms with Gasteiger partial charge in [0.15, 0.2) is 0 Å². The van der Waals surface area contributed by atoms with Crippen LogP contribution in [0.3, 0.4) is 0 Å². The topological polar surface area (TPSA) is 46.1 Å². The Morgan fingerprint density at radius 1 is 1.33 bits per heavy atom. The lowest BCUT2D eigenvalue weighted by molar-refractivity contribution is -0.124. The molecule has 0 spiro atoms. The van der Waals surface area contributed by atoms with Crippen molar-refractivity contribution >= 4 is 16.8 Å². The predicted molar refractivity (Wildman–Crippen MR) is 71.4 cm³/mol. The molecule has 1 aromatic heterocycles. The van der Waals surface area contributed by atoms with Gasteiger partial charge in [0, 0.05) is 42.8 Å². The van der Waals surface area contributed by atoms with Crippen LogP contribution in [0.4, 0.5) is 0 Å². The summed E-state index contributed by atoms with van der Waals surface area (Å²) < 4.78 is 2.08. The van der Waals surface area contributed by atoms with Gasteiger partial charge in [0.2, 0.25) is 5.91 Å². The van der Waals surface area contributed by atoms with Crippen LogP contribution in [-0.2, 0) is 11.8 Å². The second-order valence-corrected chi connectivity index (χ2v) is 4.89. The molecule has 1 atom stereocenters. The zero-order chi connectivity index (χ0) is 12.7. The molecule has 0 radical (unpaired) electrons. The van der Waals surface area contributed by atoms with E-state index in [-0.39, 0.29) is 11.9 Å². The van der Waals surface area contributed by atoms with Crippen LogP contribution in [-0.4, -0.2) is 23.6 Å². The Balaban J connectivity index is 2.16. The summed E-state index contributed by atoms with van der Waals surface area (Å²) in [6.45, 7) is 3.60. The number of amides is 1. The standard InChI is InChI=1S/C14H17N3O/c1-9-3-4-12-10(7-9)11(8-17(12)2)13-14(18)16-6-5-15-13/h3-4,7-8,13,15H,5-6H2,1-2H3,(H,16,18). The van der Waals surface area contributed by atoms with E-state index in [2.05, 4.69) is 40.3 Å². The van der Waals surface area contributed by atoms with Crippen LogP contribution in [0.2, 0.25) is 0 Å². The number of piperazine rings is 1. The van der Waals surface area contributed by atoms with Gasteiger partial charge in [-0.1, -0.05) is 11.6 Å². The highest BCUT2D eigenvalue weighted by Crippen LogP contribution is 2.27. The van der Waals surface area contributed by atoms with Crippen LogP contribution >= 0.6 is 0 Å². The van der Waals surface area contributed by atoms with Crippen LogP contribution in [0.1, 0.15) is 17.2 Å². The fourth-order valence-electron chi connectivity index (χ4n) is 2.61. The number of benzene rings is 1. The molecule has 0 aliphatic carbocycles. The van der Waals surface area contributed by atoms with Crippen LogP contribution in [0.25, 0.3) is 10.9 Å². The molecule has 1 aliphatic heterocycles. The third-order valence-corrected chi connectivity index (χ3v) is 3.52. The summed E-state index contributed by atoms with van der Waals surface area (Å²) >= 11 is 0. The average Bonchev–Trinajstić information content (AvgIpc) is 2.67. The fraction of sp³-hybridized carbons (Fsp3) is 0.357. The van der Waals surface area contributed by atoms with E-state index in [1.165, 1.54) is 5.56 Å². The number of nitrogens with one attached hydrogen (secondary N) is 2. The number of carbonyl (C=O) groups is 1. The van der Waals surface area contributed by atoms with Crippen molar-refractivity contribution in [1.82, 2.24) is 15.2 Å². The Labute approximate surface area is 106 Å². The molecule has 0 bridgehead atoms. The van der Waals surface area contributed by atoms with Gasteiger partial charge in [-0.05, 0) is 19.1 Å². The first-order valence-corrected chi connectivity index (χ1v) is 6.23. The highest BCUT2D eigenvalue weighted by molar-refractivity contribution is 5.92. The number of hydrogen-bond acceptors (Lipinski definition) is 2. The van der Waals surface area contributed by atoms with E-state index in [0.717, 1.165) is 23.0 Å². The largest absolute Gasteiger partial charge is 0.353 e. The molecular weight excluding hydrogens is 226 g/mol. The summed E-state index contributed by atoms with van der Waals surface area (Å²) in [6.07, 6.45) is 2.05. The molecule has 1 fully saturated rings. The van der Waals surface area contributed by atoms with Crippen molar-refractivity contribution in [2.45, 2.75) is 13.0 Å². The third kappa shape index (κ3) is 1.69. The summed E-state index contributed by atoms with van der Waals surface area (Å²) in [5.41, 5.74) is 3.44. The average molecular weight is 243 g/mol. The Morgan fingerprint density at radius 3 is 2.94 bits per heavy atom. The number of fused-ring (bicyclic) bond motifs is 1. The molecule has 1 aliphatic rings. The van der Waals surface area contributed by atoms with Crippen molar-refractivity contribution in [3.05, 3.63) is 35.5 Å². The van der Waals surface area contributed by atoms with Gasteiger partial charge in [-0.15, -0.1) is 0 Å². The van der Waals surface area contributed by atoms with Gasteiger partial charge >= 0.3 is 0 Å². The van der Waals surface area contributed by atoms with Gasteiger partial charge in [0.25, 0.3) is 0 Å². The van der Waals surface area contributed by atoms with E-state index in [4.69, 9.17) is 0 Å². The Bertz CT molecular complexity index is 615. The zero-order valence-electron chi connectivity index (χ0n) is 10.7. The van der Waals surface area contributed by atoms with Gasteiger partial charge in [0.05, 0.1) is 0 Å². The van der Waals surface area contributed by atoms with Crippen LogP contribution in [0, 0.1) is 6.92 Å². The van der Waals surface area contributed by atoms with Crippen LogP contribution < -0.4 is 10.6 Å². The lowest BCUT2D eigenvalue weighted by Gasteiger charge is -2.23. The van der Waals surface area contributed by atoms with Gasteiger partial charge in [0.1, 0.15) is 6.04 Å². The maximum absolute atomic E-state index is 11.9. The molecule has 3 rings (SSSR count). The third-order valence-electron chi connectivity index (χ3n) is 3.52. The van der Waals surface area contributed by atoms with E-state index in [0.29, 0.717) is 6.54 Å². The summed E-state index contributed by atoms with van der Waals surface area (Å²) in [6, 6.07) is 6.12. The molecule has 0 saturated carbocycles. The Morgan fingerprint density at radius 2 is 2.17 bits per heavy atom. The van der Waals surface area contributed by atoms with Crippen molar-refractivity contribution in [1.29, 1.82) is 0 Å². The molecule has 1 saturated heterocycles. The van der Waals surface area contributed by atoms with E-state index >= 15 is 0 Å². The highest BCUT2D eigenvalue weighted by Gasteiger charge is 2.26. The number of rotatable bonds is 1. The first-order chi connectivity index (χ1) is 8.66. The van der Waals surface area contributed by atoms with Gasteiger partial charge in [-0.25, -0.2) is 0 Å². The minimum atomic E-state index is -0.232. The smallest absolute Gasteiger partial charge is 0.241 e. The number of aryl methyl sites for hydroxylation is 2. The summed E-state index contributed by atoms with van der Waals surface area (Å²) in [7, 11) is 2.02. The van der Waals surface area contributed by atoms with E-state index < -0.39 is 0 Å². The summed E-state index contributed by atoms with van der Waals surface area (Å²) in [5, 5.41) is 7.35. The normalized spacial score (nSPS) is 20.1. The second kappa shape index (κ2) is 4.14. The number of hydrogen-bond donors (Lipinski definition) is 2. The Hall–Kier alpha value is -1.81. The first kappa shape index (κ1) is 11.3. The fourth-order valence-corrected chi connectivity index (χ4v) is 2.61. The van der Waals surface area contributed by atoms with E-state index in [1.54, 1.807) is 0 Å². The lowest BCUT2D eigenvalue weighted by Crippen LogP contribution is -2.47. The Kier molecular flexibility index (Phi) is 2.59. The molecule has 2 aromatic rings. The minimum Gasteiger partial charge on any atom is -0.353 e. The molecule has 4 nitrogen and oxygen atoms in total. The SMILES string of the molecule is Cc1ccc2c(c1)c(C1NCCNC1=O)cn2C. The van der Waals surface area contributed by atoms with E-state index in [1.807, 2.05) is 13.2 Å². The van der Waals surface area contributed by atoms with Crippen LogP contribution in [0.15, 0.2) is 24.4 Å². The van der Waals surface area contributed by atoms with Crippen LogP contribution in [0.5, 0.6) is 0 Å². The highest BCUT2D eigenvalue weighted by atomic mass is 16.2. The first-order valence-electron chi connectivity index (χ1n) is 6.23. The molecule has 2 heterocycles.